The van der Waals surface area contributed by atoms with Crippen LogP contribution in [0.2, 0.25) is 0 Å². The van der Waals surface area contributed by atoms with Crippen LogP contribution < -0.4 is 14.9 Å². The first-order chi connectivity index (χ1) is 9.33. The van der Waals surface area contributed by atoms with Gasteiger partial charge in [-0.2, -0.15) is 0 Å². The standard InChI is InChI=1S/C13H7BF4O2/c14-8-1-6-12(11(15)7-8)19-9-2-4-10(5-3-9)20-13(16,17)18/h1-7H. The van der Waals surface area contributed by atoms with E-state index in [9.17, 15) is 17.6 Å². The summed E-state index contributed by atoms with van der Waals surface area (Å²) in [7, 11) is 5.38. The average molecular weight is 282 g/mol. The molecule has 102 valence electrons. The van der Waals surface area contributed by atoms with Gasteiger partial charge in [-0.15, -0.1) is 13.2 Å². The van der Waals surface area contributed by atoms with Crippen molar-refractivity contribution in [1.82, 2.24) is 0 Å². The fourth-order valence-electron chi connectivity index (χ4n) is 1.44. The zero-order chi connectivity index (χ0) is 14.8. The molecular weight excluding hydrogens is 275 g/mol. The highest BCUT2D eigenvalue weighted by molar-refractivity contribution is 6.32. The summed E-state index contributed by atoms with van der Waals surface area (Å²) in [5, 5.41) is 0. The van der Waals surface area contributed by atoms with Crippen molar-refractivity contribution in [2.75, 3.05) is 0 Å². The smallest absolute Gasteiger partial charge is 0.454 e. The number of halogens is 4. The van der Waals surface area contributed by atoms with Crippen molar-refractivity contribution in [3.63, 3.8) is 0 Å². The first-order valence-electron chi connectivity index (χ1n) is 5.42. The number of rotatable bonds is 3. The third-order valence-corrected chi connectivity index (χ3v) is 2.24. The summed E-state index contributed by atoms with van der Waals surface area (Å²) >= 11 is 0. The maximum Gasteiger partial charge on any atom is 0.573 e. The zero-order valence-corrected chi connectivity index (χ0v) is 9.95. The van der Waals surface area contributed by atoms with Crippen LogP contribution in [0.3, 0.4) is 0 Å². The van der Waals surface area contributed by atoms with Gasteiger partial charge in [0.25, 0.3) is 0 Å². The van der Waals surface area contributed by atoms with Gasteiger partial charge in [0.05, 0.1) is 0 Å². The van der Waals surface area contributed by atoms with Crippen LogP contribution in [0, 0.1) is 5.82 Å². The van der Waals surface area contributed by atoms with Crippen LogP contribution in [0.25, 0.3) is 0 Å². The monoisotopic (exact) mass is 282 g/mol. The van der Waals surface area contributed by atoms with Crippen LogP contribution in [-0.4, -0.2) is 14.2 Å². The first kappa shape index (κ1) is 14.2. The number of ether oxygens (including phenoxy) is 2. The van der Waals surface area contributed by atoms with Crippen molar-refractivity contribution in [2.45, 2.75) is 6.36 Å². The Morgan fingerprint density at radius 3 is 2.05 bits per heavy atom. The second-order valence-electron chi connectivity index (χ2n) is 3.81. The lowest BCUT2D eigenvalue weighted by molar-refractivity contribution is -0.274. The Bertz CT molecular complexity index is 596. The second kappa shape index (κ2) is 5.44. The highest BCUT2D eigenvalue weighted by Gasteiger charge is 2.30. The predicted octanol–water partition coefficient (Wildman–Crippen LogP) is 3.31. The lowest BCUT2D eigenvalue weighted by Crippen LogP contribution is -2.16. The molecule has 0 unspecified atom stereocenters. The molecule has 20 heavy (non-hydrogen) atoms. The molecule has 2 aromatic carbocycles. The maximum atomic E-state index is 13.5. The molecule has 0 aliphatic carbocycles. The fourth-order valence-corrected chi connectivity index (χ4v) is 1.44. The molecule has 0 fully saturated rings. The minimum atomic E-state index is -4.76. The van der Waals surface area contributed by atoms with Gasteiger partial charge >= 0.3 is 6.36 Å². The molecule has 0 aliphatic heterocycles. The van der Waals surface area contributed by atoms with E-state index in [2.05, 4.69) is 4.74 Å². The largest absolute Gasteiger partial charge is 0.573 e. The Morgan fingerprint density at radius 2 is 1.50 bits per heavy atom. The van der Waals surface area contributed by atoms with Gasteiger partial charge in [-0.1, -0.05) is 11.5 Å². The van der Waals surface area contributed by atoms with Gasteiger partial charge in [0.15, 0.2) is 11.6 Å². The molecule has 2 rings (SSSR count). The Balaban J connectivity index is 2.11. The highest BCUT2D eigenvalue weighted by Crippen LogP contribution is 2.28. The van der Waals surface area contributed by atoms with Crippen molar-refractivity contribution in [3.05, 3.63) is 48.3 Å². The van der Waals surface area contributed by atoms with Gasteiger partial charge in [-0.05, 0) is 36.4 Å². The summed E-state index contributed by atoms with van der Waals surface area (Å²) in [6, 6.07) is 8.45. The van der Waals surface area contributed by atoms with Gasteiger partial charge in [0.1, 0.15) is 19.3 Å². The second-order valence-corrected chi connectivity index (χ2v) is 3.81. The van der Waals surface area contributed by atoms with E-state index in [1.54, 1.807) is 0 Å². The van der Waals surface area contributed by atoms with E-state index in [1.807, 2.05) is 0 Å². The molecule has 0 saturated heterocycles. The van der Waals surface area contributed by atoms with Crippen LogP contribution in [-0.2, 0) is 0 Å². The first-order valence-corrected chi connectivity index (χ1v) is 5.42. The lowest BCUT2D eigenvalue weighted by atomic mass is 9.96. The van der Waals surface area contributed by atoms with E-state index >= 15 is 0 Å². The molecule has 0 N–H and O–H groups in total. The van der Waals surface area contributed by atoms with Crippen LogP contribution in [0.1, 0.15) is 0 Å². The molecule has 0 bridgehead atoms. The van der Waals surface area contributed by atoms with Gasteiger partial charge in [-0.3, -0.25) is 0 Å². The summed E-state index contributed by atoms with van der Waals surface area (Å²) in [6.45, 7) is 0. The number of alkyl halides is 3. The summed E-state index contributed by atoms with van der Waals surface area (Å²) in [5.74, 6) is -0.963. The zero-order valence-electron chi connectivity index (χ0n) is 9.95. The van der Waals surface area contributed by atoms with Crippen LogP contribution >= 0.6 is 0 Å². The van der Waals surface area contributed by atoms with Crippen molar-refractivity contribution in [2.24, 2.45) is 0 Å². The van der Waals surface area contributed by atoms with Crippen LogP contribution in [0.4, 0.5) is 17.6 Å². The predicted molar refractivity (Wildman–Crippen MR) is 65.0 cm³/mol. The van der Waals surface area contributed by atoms with Crippen molar-refractivity contribution < 1.29 is 27.0 Å². The Morgan fingerprint density at radius 1 is 0.900 bits per heavy atom. The molecule has 7 heteroatoms. The Labute approximate surface area is 113 Å². The summed E-state index contributed by atoms with van der Waals surface area (Å²) in [6.07, 6.45) is -4.76. The normalized spacial score (nSPS) is 11.2. The molecule has 0 saturated carbocycles. The van der Waals surface area contributed by atoms with E-state index in [0.29, 0.717) is 0 Å². The molecule has 0 heterocycles. The molecule has 0 amide bonds. The van der Waals surface area contributed by atoms with E-state index < -0.39 is 12.2 Å². The molecule has 0 spiro atoms. The number of benzene rings is 2. The van der Waals surface area contributed by atoms with E-state index in [-0.39, 0.29) is 22.7 Å². The third-order valence-electron chi connectivity index (χ3n) is 2.24. The molecular formula is C13H7BF4O2. The Kier molecular flexibility index (Phi) is 3.87. The molecule has 0 atom stereocenters. The van der Waals surface area contributed by atoms with Crippen molar-refractivity contribution >= 4 is 13.3 Å². The van der Waals surface area contributed by atoms with E-state index in [0.717, 1.165) is 18.2 Å². The summed E-state index contributed by atoms with van der Waals surface area (Å²) in [5.41, 5.74) is 0.240. The molecule has 0 aromatic heterocycles. The van der Waals surface area contributed by atoms with Crippen molar-refractivity contribution in [3.8, 4) is 17.2 Å². The van der Waals surface area contributed by atoms with Gasteiger partial charge in [-0.25, -0.2) is 4.39 Å². The lowest BCUT2D eigenvalue weighted by Gasteiger charge is -2.10. The van der Waals surface area contributed by atoms with Crippen molar-refractivity contribution in [1.29, 1.82) is 0 Å². The topological polar surface area (TPSA) is 18.5 Å². The minimum Gasteiger partial charge on any atom is -0.454 e. The molecule has 0 aliphatic rings. The number of hydrogen-bond acceptors (Lipinski definition) is 2. The highest BCUT2D eigenvalue weighted by atomic mass is 19.4. The van der Waals surface area contributed by atoms with E-state index in [1.165, 1.54) is 24.3 Å². The van der Waals surface area contributed by atoms with Gasteiger partial charge in [0, 0.05) is 0 Å². The minimum absolute atomic E-state index is 0.0799. The van der Waals surface area contributed by atoms with Crippen LogP contribution in [0.15, 0.2) is 42.5 Å². The summed E-state index contributed by atoms with van der Waals surface area (Å²) in [4.78, 5) is 0. The summed E-state index contributed by atoms with van der Waals surface area (Å²) < 4.78 is 58.2. The maximum absolute atomic E-state index is 13.5. The molecule has 2 nitrogen and oxygen atoms in total. The van der Waals surface area contributed by atoms with Gasteiger partial charge in [0.2, 0.25) is 0 Å². The van der Waals surface area contributed by atoms with E-state index in [4.69, 9.17) is 12.6 Å². The molecule has 2 aromatic rings. The van der Waals surface area contributed by atoms with Crippen LogP contribution in [0.5, 0.6) is 17.2 Å². The SMILES string of the molecule is [B]c1ccc(Oc2ccc(OC(F)(F)F)cc2)c(F)c1. The average Bonchev–Trinajstić information content (AvgIpc) is 2.33. The quantitative estimate of drug-likeness (QED) is 0.635. The van der Waals surface area contributed by atoms with Gasteiger partial charge < -0.3 is 9.47 Å². The third kappa shape index (κ3) is 3.91. The Hall–Kier alpha value is -2.18. The fraction of sp³-hybridized carbons (Fsp3) is 0.0769. The number of hydrogen-bond donors (Lipinski definition) is 0. The molecule has 2 radical (unpaired) electrons.